The van der Waals surface area contributed by atoms with E-state index in [0.29, 0.717) is 17.9 Å². The zero-order valence-electron chi connectivity index (χ0n) is 15.9. The van der Waals surface area contributed by atoms with Crippen LogP contribution >= 0.6 is 0 Å². The molecule has 0 saturated heterocycles. The van der Waals surface area contributed by atoms with Crippen molar-refractivity contribution < 1.29 is 9.18 Å². The van der Waals surface area contributed by atoms with Gasteiger partial charge in [-0.3, -0.25) is 9.78 Å². The maximum absolute atomic E-state index is 13.7. The zero-order valence-corrected chi connectivity index (χ0v) is 15.9. The first-order valence-corrected chi connectivity index (χ1v) is 8.96. The van der Waals surface area contributed by atoms with Crippen molar-refractivity contribution in [2.45, 2.75) is 53.9 Å². The lowest BCUT2D eigenvalue weighted by molar-refractivity contribution is -0.122. The van der Waals surface area contributed by atoms with Gasteiger partial charge in [0.15, 0.2) is 0 Å². The van der Waals surface area contributed by atoms with E-state index in [1.807, 2.05) is 12.1 Å². The van der Waals surface area contributed by atoms with Crippen LogP contribution in [0.5, 0.6) is 0 Å². The molecule has 2 aromatic rings. The number of rotatable bonds is 7. The normalized spacial score (nSPS) is 12.4. The third kappa shape index (κ3) is 5.22. The Morgan fingerprint density at radius 2 is 1.92 bits per heavy atom. The SMILES string of the molecule is CC(C)=C(C)CC(CC(C)C)C(=O)Cc1cnc2c(F)cccc2c1. The van der Waals surface area contributed by atoms with Crippen LogP contribution in [-0.2, 0) is 11.2 Å². The van der Waals surface area contributed by atoms with Crippen LogP contribution in [0, 0.1) is 17.7 Å². The highest BCUT2D eigenvalue weighted by Crippen LogP contribution is 2.25. The summed E-state index contributed by atoms with van der Waals surface area (Å²) < 4.78 is 13.7. The second-order valence-electron chi connectivity index (χ2n) is 7.61. The molecule has 1 heterocycles. The molecule has 134 valence electrons. The minimum absolute atomic E-state index is 0.0260. The number of ketones is 1. The lowest BCUT2D eigenvalue weighted by atomic mass is 9.85. The second-order valence-corrected chi connectivity index (χ2v) is 7.61. The third-order valence-corrected chi connectivity index (χ3v) is 4.71. The first kappa shape index (κ1) is 19.3. The number of benzene rings is 1. The Kier molecular flexibility index (Phi) is 6.46. The number of nitrogens with zero attached hydrogens (tertiary/aromatic N) is 1. The molecule has 0 amide bonds. The minimum Gasteiger partial charge on any atom is -0.299 e. The van der Waals surface area contributed by atoms with Gasteiger partial charge < -0.3 is 0 Å². The van der Waals surface area contributed by atoms with Crippen molar-refractivity contribution >= 4 is 16.7 Å². The molecular formula is C22H28FNO. The summed E-state index contributed by atoms with van der Waals surface area (Å²) in [6.45, 7) is 10.6. The predicted molar refractivity (Wildman–Crippen MR) is 102 cm³/mol. The van der Waals surface area contributed by atoms with Crippen molar-refractivity contribution in [1.29, 1.82) is 0 Å². The van der Waals surface area contributed by atoms with Gasteiger partial charge in [-0.2, -0.15) is 0 Å². The maximum Gasteiger partial charge on any atom is 0.149 e. The maximum atomic E-state index is 13.7. The number of hydrogen-bond acceptors (Lipinski definition) is 2. The molecule has 1 unspecified atom stereocenters. The van der Waals surface area contributed by atoms with Gasteiger partial charge in [0.05, 0.1) is 0 Å². The van der Waals surface area contributed by atoms with Crippen LogP contribution in [-0.4, -0.2) is 10.8 Å². The average Bonchev–Trinajstić information content (AvgIpc) is 2.53. The second kappa shape index (κ2) is 8.37. The molecule has 2 rings (SSSR count). The van der Waals surface area contributed by atoms with E-state index in [1.165, 1.54) is 17.2 Å². The Morgan fingerprint density at radius 3 is 2.56 bits per heavy atom. The largest absolute Gasteiger partial charge is 0.299 e. The van der Waals surface area contributed by atoms with Gasteiger partial charge in [0.1, 0.15) is 17.1 Å². The number of aromatic nitrogens is 1. The topological polar surface area (TPSA) is 30.0 Å². The van der Waals surface area contributed by atoms with Crippen molar-refractivity contribution in [2.75, 3.05) is 0 Å². The van der Waals surface area contributed by atoms with E-state index in [0.717, 1.165) is 23.8 Å². The molecule has 0 aliphatic heterocycles. The van der Waals surface area contributed by atoms with Crippen LogP contribution < -0.4 is 0 Å². The molecule has 0 spiro atoms. The summed E-state index contributed by atoms with van der Waals surface area (Å²) in [4.78, 5) is 17.1. The van der Waals surface area contributed by atoms with Crippen LogP contribution in [0.4, 0.5) is 4.39 Å². The molecule has 1 aromatic heterocycles. The highest BCUT2D eigenvalue weighted by atomic mass is 19.1. The molecule has 25 heavy (non-hydrogen) atoms. The Morgan fingerprint density at radius 1 is 1.20 bits per heavy atom. The summed E-state index contributed by atoms with van der Waals surface area (Å²) in [7, 11) is 0. The Bertz CT molecular complexity index is 788. The molecule has 0 fully saturated rings. The smallest absolute Gasteiger partial charge is 0.149 e. The van der Waals surface area contributed by atoms with Gasteiger partial charge in [0.25, 0.3) is 0 Å². The van der Waals surface area contributed by atoms with E-state index in [2.05, 4.69) is 39.6 Å². The number of para-hydroxylation sites is 1. The predicted octanol–water partition coefficient (Wildman–Crippen LogP) is 5.89. The van der Waals surface area contributed by atoms with Crippen molar-refractivity contribution in [1.82, 2.24) is 4.98 Å². The van der Waals surface area contributed by atoms with Gasteiger partial charge >= 0.3 is 0 Å². The van der Waals surface area contributed by atoms with Crippen molar-refractivity contribution in [2.24, 2.45) is 11.8 Å². The summed E-state index contributed by atoms with van der Waals surface area (Å²) in [5.74, 6) is 0.417. The van der Waals surface area contributed by atoms with Crippen molar-refractivity contribution in [3.05, 3.63) is 53.0 Å². The van der Waals surface area contributed by atoms with Crippen molar-refractivity contribution in [3.8, 4) is 0 Å². The number of allylic oxidation sites excluding steroid dienone is 2. The van der Waals surface area contributed by atoms with Gasteiger partial charge in [-0.05, 0) is 57.2 Å². The lowest BCUT2D eigenvalue weighted by Crippen LogP contribution is -2.19. The number of hydrogen-bond donors (Lipinski definition) is 0. The highest BCUT2D eigenvalue weighted by molar-refractivity contribution is 5.85. The van der Waals surface area contributed by atoms with E-state index < -0.39 is 0 Å². The molecule has 0 aliphatic carbocycles. The first-order chi connectivity index (χ1) is 11.8. The van der Waals surface area contributed by atoms with E-state index in [-0.39, 0.29) is 17.5 Å². The summed E-state index contributed by atoms with van der Waals surface area (Å²) in [6, 6.07) is 6.79. The Labute approximate surface area is 150 Å². The van der Waals surface area contributed by atoms with E-state index in [4.69, 9.17) is 0 Å². The molecule has 1 aromatic carbocycles. The molecule has 3 heteroatoms. The van der Waals surface area contributed by atoms with Gasteiger partial charge in [-0.25, -0.2) is 4.39 Å². The Hall–Kier alpha value is -2.03. The van der Waals surface area contributed by atoms with E-state index in [9.17, 15) is 9.18 Å². The highest BCUT2D eigenvalue weighted by Gasteiger charge is 2.21. The first-order valence-electron chi connectivity index (χ1n) is 8.96. The summed E-state index contributed by atoms with van der Waals surface area (Å²) in [5.41, 5.74) is 3.78. The lowest BCUT2D eigenvalue weighted by Gasteiger charge is -2.19. The van der Waals surface area contributed by atoms with Crippen LogP contribution in [0.1, 0.15) is 53.0 Å². The quantitative estimate of drug-likeness (QED) is 0.587. The fraction of sp³-hybridized carbons (Fsp3) is 0.455. The molecule has 0 aliphatic rings. The zero-order chi connectivity index (χ0) is 18.6. The monoisotopic (exact) mass is 341 g/mol. The minimum atomic E-state index is -0.327. The molecule has 0 saturated carbocycles. The number of Topliss-reactive ketones (excluding diaryl/α,β-unsaturated/α-hetero) is 1. The van der Waals surface area contributed by atoms with E-state index >= 15 is 0 Å². The average molecular weight is 341 g/mol. The molecule has 0 N–H and O–H groups in total. The van der Waals surface area contributed by atoms with Crippen LogP contribution in [0.25, 0.3) is 10.9 Å². The van der Waals surface area contributed by atoms with Gasteiger partial charge in [0.2, 0.25) is 0 Å². The molecule has 0 bridgehead atoms. The van der Waals surface area contributed by atoms with Crippen LogP contribution in [0.15, 0.2) is 41.6 Å². The van der Waals surface area contributed by atoms with E-state index in [1.54, 1.807) is 12.3 Å². The molecule has 2 nitrogen and oxygen atoms in total. The number of halogens is 1. The van der Waals surface area contributed by atoms with Gasteiger partial charge in [0, 0.05) is 23.9 Å². The van der Waals surface area contributed by atoms with Crippen LogP contribution in [0.2, 0.25) is 0 Å². The fourth-order valence-corrected chi connectivity index (χ4v) is 3.08. The molecule has 0 radical (unpaired) electrons. The third-order valence-electron chi connectivity index (χ3n) is 4.71. The number of carbonyl (C=O) groups is 1. The van der Waals surface area contributed by atoms with Crippen LogP contribution in [0.3, 0.4) is 0 Å². The number of pyridine rings is 1. The number of fused-ring (bicyclic) bond motifs is 1. The summed E-state index contributed by atoms with van der Waals surface area (Å²) in [6.07, 6.45) is 3.68. The fourth-order valence-electron chi connectivity index (χ4n) is 3.08. The number of carbonyl (C=O) groups excluding carboxylic acids is 1. The Balaban J connectivity index is 2.20. The molecule has 1 atom stereocenters. The summed E-state index contributed by atoms with van der Waals surface area (Å²) >= 11 is 0. The van der Waals surface area contributed by atoms with Crippen molar-refractivity contribution in [3.63, 3.8) is 0 Å². The van der Waals surface area contributed by atoms with Gasteiger partial charge in [-0.15, -0.1) is 0 Å². The van der Waals surface area contributed by atoms with Gasteiger partial charge in [-0.1, -0.05) is 37.1 Å². The summed E-state index contributed by atoms with van der Waals surface area (Å²) in [5, 5.41) is 0.742. The molecular weight excluding hydrogens is 313 g/mol. The standard InChI is InChI=1S/C22H28FNO/c1-14(2)9-19(10-16(5)15(3)4)21(25)12-17-11-18-7-6-8-20(23)22(18)24-13-17/h6-8,11,13-14,19H,9-10,12H2,1-5H3.